The summed E-state index contributed by atoms with van der Waals surface area (Å²) >= 11 is 6.05. The van der Waals surface area contributed by atoms with E-state index in [2.05, 4.69) is 26.9 Å². The fourth-order valence-corrected chi connectivity index (χ4v) is 3.92. The van der Waals surface area contributed by atoms with E-state index in [9.17, 15) is 18.3 Å². The summed E-state index contributed by atoms with van der Waals surface area (Å²) in [5.74, 6) is 0.368. The van der Waals surface area contributed by atoms with Crippen LogP contribution in [0.1, 0.15) is 11.1 Å². The average molecular weight is 443 g/mol. The van der Waals surface area contributed by atoms with Crippen LogP contribution in [0, 0.1) is 0 Å². The van der Waals surface area contributed by atoms with Gasteiger partial charge >= 0.3 is 6.18 Å². The molecule has 0 saturated carbocycles. The normalized spacial score (nSPS) is 16.8. The van der Waals surface area contributed by atoms with E-state index in [0.29, 0.717) is 45.1 Å². The van der Waals surface area contributed by atoms with Gasteiger partial charge in [-0.2, -0.15) is 13.2 Å². The van der Waals surface area contributed by atoms with Crippen molar-refractivity contribution in [1.82, 2.24) is 14.8 Å². The van der Waals surface area contributed by atoms with E-state index < -0.39 is 17.8 Å². The third kappa shape index (κ3) is 6.31. The van der Waals surface area contributed by atoms with Gasteiger partial charge in [0.1, 0.15) is 5.82 Å². The standard InChI is InChI=1S/C21H26ClF3N4O/c1-27(13-16-5-3-2-4-6-16)14-18(30)15-28-7-9-29(10-8-28)20-19(22)11-17(12-26-20)21(23,24)25/h2-6,11-12,18,30H,7-10,13-15H2,1H3. The lowest BCUT2D eigenvalue weighted by molar-refractivity contribution is -0.137. The van der Waals surface area contributed by atoms with E-state index in [1.165, 1.54) is 5.56 Å². The molecule has 164 valence electrons. The molecule has 1 N–H and O–H groups in total. The van der Waals surface area contributed by atoms with Crippen LogP contribution in [0.5, 0.6) is 0 Å². The van der Waals surface area contributed by atoms with Crippen LogP contribution in [0.4, 0.5) is 19.0 Å². The Balaban J connectivity index is 1.46. The van der Waals surface area contributed by atoms with Crippen molar-refractivity contribution in [3.05, 3.63) is 58.7 Å². The summed E-state index contributed by atoms with van der Waals surface area (Å²) in [5.41, 5.74) is 0.347. The highest BCUT2D eigenvalue weighted by Crippen LogP contribution is 2.33. The van der Waals surface area contributed by atoms with Gasteiger partial charge in [-0.1, -0.05) is 41.9 Å². The molecule has 1 aromatic carbocycles. The van der Waals surface area contributed by atoms with Crippen LogP contribution in [-0.2, 0) is 12.7 Å². The summed E-state index contributed by atoms with van der Waals surface area (Å²) in [6.07, 6.45) is -4.13. The molecule has 1 aliphatic heterocycles. The quantitative estimate of drug-likeness (QED) is 0.712. The first-order valence-corrected chi connectivity index (χ1v) is 10.2. The number of aliphatic hydroxyl groups is 1. The molecule has 1 aromatic heterocycles. The van der Waals surface area contributed by atoms with Crippen LogP contribution in [0.15, 0.2) is 42.6 Å². The predicted molar refractivity (Wildman–Crippen MR) is 112 cm³/mol. The van der Waals surface area contributed by atoms with Gasteiger partial charge in [0.05, 0.1) is 16.7 Å². The Morgan fingerprint density at radius 2 is 1.83 bits per heavy atom. The number of nitrogens with zero attached hydrogens (tertiary/aromatic N) is 4. The van der Waals surface area contributed by atoms with Crippen LogP contribution in [0.25, 0.3) is 0 Å². The number of likely N-dealkylation sites (N-methyl/N-ethyl adjacent to an activating group) is 1. The number of anilines is 1. The highest BCUT2D eigenvalue weighted by atomic mass is 35.5. The first kappa shape index (κ1) is 22.8. The molecule has 1 unspecified atom stereocenters. The second kappa shape index (κ2) is 9.96. The molecule has 0 amide bonds. The zero-order valence-electron chi connectivity index (χ0n) is 16.8. The number of alkyl halides is 3. The number of rotatable bonds is 7. The third-order valence-electron chi connectivity index (χ3n) is 5.11. The minimum atomic E-state index is -4.46. The minimum absolute atomic E-state index is 0.000784. The number of benzene rings is 1. The Morgan fingerprint density at radius 1 is 1.17 bits per heavy atom. The Kier molecular flexibility index (Phi) is 7.57. The van der Waals surface area contributed by atoms with Gasteiger partial charge in [0.25, 0.3) is 0 Å². The smallest absolute Gasteiger partial charge is 0.390 e. The van der Waals surface area contributed by atoms with Gasteiger partial charge in [-0.3, -0.25) is 9.80 Å². The largest absolute Gasteiger partial charge is 0.417 e. The maximum absolute atomic E-state index is 12.8. The molecule has 1 atom stereocenters. The maximum Gasteiger partial charge on any atom is 0.417 e. The summed E-state index contributed by atoms with van der Waals surface area (Å²) < 4.78 is 38.3. The predicted octanol–water partition coefficient (Wildman–Crippen LogP) is 3.37. The number of hydrogen-bond donors (Lipinski definition) is 1. The number of piperazine rings is 1. The van der Waals surface area contributed by atoms with Crippen LogP contribution in [0.3, 0.4) is 0 Å². The van der Waals surface area contributed by atoms with Gasteiger partial charge < -0.3 is 10.0 Å². The van der Waals surface area contributed by atoms with Crippen LogP contribution >= 0.6 is 11.6 Å². The van der Waals surface area contributed by atoms with E-state index in [4.69, 9.17) is 11.6 Å². The Bertz CT molecular complexity index is 814. The van der Waals surface area contributed by atoms with Crippen LogP contribution in [-0.4, -0.2) is 72.3 Å². The Morgan fingerprint density at radius 3 is 2.43 bits per heavy atom. The van der Waals surface area contributed by atoms with Gasteiger partial charge in [-0.25, -0.2) is 4.98 Å². The molecular weight excluding hydrogens is 417 g/mol. The molecule has 0 radical (unpaired) electrons. The molecular formula is C21H26ClF3N4O. The second-order valence-electron chi connectivity index (χ2n) is 7.65. The summed E-state index contributed by atoms with van der Waals surface area (Å²) in [6.45, 7) is 4.40. The van der Waals surface area contributed by atoms with Crippen LogP contribution in [0.2, 0.25) is 5.02 Å². The van der Waals surface area contributed by atoms with Crippen molar-refractivity contribution in [2.45, 2.75) is 18.8 Å². The van der Waals surface area contributed by atoms with Gasteiger partial charge in [0.2, 0.25) is 0 Å². The van der Waals surface area contributed by atoms with Gasteiger partial charge in [-0.05, 0) is 18.7 Å². The van der Waals surface area contributed by atoms with E-state index in [0.717, 1.165) is 18.8 Å². The van der Waals surface area contributed by atoms with E-state index >= 15 is 0 Å². The summed E-state index contributed by atoms with van der Waals surface area (Å²) in [4.78, 5) is 10.0. The van der Waals surface area contributed by atoms with E-state index in [1.54, 1.807) is 0 Å². The maximum atomic E-state index is 12.8. The molecule has 30 heavy (non-hydrogen) atoms. The summed E-state index contributed by atoms with van der Waals surface area (Å²) in [5, 5.41) is 10.4. The molecule has 2 aromatic rings. The zero-order chi connectivity index (χ0) is 21.7. The first-order chi connectivity index (χ1) is 14.2. The second-order valence-corrected chi connectivity index (χ2v) is 8.06. The molecule has 0 aliphatic carbocycles. The van der Waals surface area contributed by atoms with Crippen LogP contribution < -0.4 is 4.90 Å². The van der Waals surface area contributed by atoms with Crippen molar-refractivity contribution in [2.24, 2.45) is 0 Å². The van der Waals surface area contributed by atoms with E-state index in [-0.39, 0.29) is 5.02 Å². The average Bonchev–Trinajstić information content (AvgIpc) is 2.68. The van der Waals surface area contributed by atoms with Crippen molar-refractivity contribution in [3.63, 3.8) is 0 Å². The van der Waals surface area contributed by atoms with Crippen molar-refractivity contribution in [2.75, 3.05) is 51.2 Å². The molecule has 3 rings (SSSR count). The lowest BCUT2D eigenvalue weighted by Gasteiger charge is -2.37. The first-order valence-electron chi connectivity index (χ1n) is 9.83. The lowest BCUT2D eigenvalue weighted by atomic mass is 10.2. The van der Waals surface area contributed by atoms with E-state index in [1.807, 2.05) is 30.1 Å². The molecule has 1 aliphatic rings. The highest BCUT2D eigenvalue weighted by molar-refractivity contribution is 6.33. The molecule has 1 fully saturated rings. The Labute approximate surface area is 179 Å². The van der Waals surface area contributed by atoms with Crippen molar-refractivity contribution in [1.29, 1.82) is 0 Å². The monoisotopic (exact) mass is 442 g/mol. The molecule has 2 heterocycles. The van der Waals surface area contributed by atoms with Gasteiger partial charge in [0.15, 0.2) is 0 Å². The fraction of sp³-hybridized carbons (Fsp3) is 0.476. The molecule has 0 bridgehead atoms. The summed E-state index contributed by atoms with van der Waals surface area (Å²) in [6, 6.07) is 11.0. The zero-order valence-corrected chi connectivity index (χ0v) is 17.6. The minimum Gasteiger partial charge on any atom is -0.390 e. The van der Waals surface area contributed by atoms with Crippen molar-refractivity contribution in [3.8, 4) is 0 Å². The van der Waals surface area contributed by atoms with Gasteiger partial charge in [0, 0.05) is 52.0 Å². The van der Waals surface area contributed by atoms with Gasteiger partial charge in [-0.15, -0.1) is 0 Å². The lowest BCUT2D eigenvalue weighted by Crippen LogP contribution is -2.50. The topological polar surface area (TPSA) is 42.8 Å². The molecule has 5 nitrogen and oxygen atoms in total. The highest BCUT2D eigenvalue weighted by Gasteiger charge is 2.32. The number of halogens is 4. The number of β-amino-alcohol motifs (C(OH)–C–C–N with tert-alkyl or cyclic N) is 1. The molecule has 1 saturated heterocycles. The molecule has 0 spiro atoms. The van der Waals surface area contributed by atoms with Crippen molar-refractivity contribution < 1.29 is 18.3 Å². The SMILES string of the molecule is CN(Cc1ccccc1)CC(O)CN1CCN(c2ncc(C(F)(F)F)cc2Cl)CC1. The third-order valence-corrected chi connectivity index (χ3v) is 5.39. The number of aliphatic hydroxyl groups excluding tert-OH is 1. The molecule has 9 heteroatoms. The van der Waals surface area contributed by atoms with Crippen molar-refractivity contribution >= 4 is 17.4 Å². The Hall–Kier alpha value is -1.87. The fourth-order valence-electron chi connectivity index (χ4n) is 3.64. The number of hydrogen-bond acceptors (Lipinski definition) is 5. The summed E-state index contributed by atoms with van der Waals surface area (Å²) in [7, 11) is 1.98. The number of aromatic nitrogens is 1. The number of pyridine rings is 1.